The van der Waals surface area contributed by atoms with Crippen LogP contribution < -0.4 is 10.5 Å². The van der Waals surface area contributed by atoms with Crippen LogP contribution in [0.2, 0.25) is 5.02 Å². The van der Waals surface area contributed by atoms with Gasteiger partial charge >= 0.3 is 5.69 Å². The van der Waals surface area contributed by atoms with Gasteiger partial charge in [-0.05, 0) is 60.1 Å². The monoisotopic (exact) mass is 379 g/mol. The Balaban J connectivity index is 1.98. The van der Waals surface area contributed by atoms with Gasteiger partial charge in [0.15, 0.2) is 0 Å². The molecule has 128 valence electrons. The molecule has 0 spiro atoms. The Kier molecular flexibility index (Phi) is 4.56. The molecule has 1 heterocycles. The number of hydrogen-bond acceptors (Lipinski definition) is 3. The van der Waals surface area contributed by atoms with Crippen molar-refractivity contribution in [1.29, 1.82) is 0 Å². The lowest BCUT2D eigenvalue weighted by Crippen LogP contribution is -2.27. The molecule has 0 unspecified atom stereocenters. The summed E-state index contributed by atoms with van der Waals surface area (Å²) in [5, 5.41) is 0.628. The number of rotatable bonds is 3. The highest BCUT2D eigenvalue weighted by molar-refractivity contribution is 7.03. The number of hydrogen-bond donors (Lipinski definition) is 0. The lowest BCUT2D eigenvalue weighted by molar-refractivity contribution is 0.890. The van der Waals surface area contributed by atoms with Gasteiger partial charge in [-0.1, -0.05) is 48.0 Å². The van der Waals surface area contributed by atoms with Gasteiger partial charge in [0.05, 0.1) is 17.1 Å². The summed E-state index contributed by atoms with van der Waals surface area (Å²) < 4.78 is 3.23. The fraction of sp³-hybridized carbons (Fsp3) is 0. The topological polar surface area (TPSA) is 39.3 Å². The van der Waals surface area contributed by atoms with Crippen LogP contribution in [0.3, 0.4) is 0 Å². The van der Waals surface area contributed by atoms with E-state index in [0.717, 1.165) is 17.1 Å². The minimum absolute atomic E-state index is 0.168. The van der Waals surface area contributed by atoms with Crippen molar-refractivity contribution >= 4 is 28.8 Å². The molecule has 6 heteroatoms. The Morgan fingerprint density at radius 1 is 0.769 bits per heavy atom. The summed E-state index contributed by atoms with van der Waals surface area (Å²) in [6.45, 7) is 0. The smallest absolute Gasteiger partial charge is 0.246 e. The van der Waals surface area contributed by atoms with E-state index in [9.17, 15) is 4.79 Å². The van der Waals surface area contributed by atoms with Gasteiger partial charge in [-0.25, -0.2) is 18.3 Å². The third-order valence-corrected chi connectivity index (χ3v) is 5.02. The molecule has 26 heavy (non-hydrogen) atoms. The number of halogens is 1. The van der Waals surface area contributed by atoms with Gasteiger partial charge in [-0.2, -0.15) is 0 Å². The van der Waals surface area contributed by atoms with Crippen LogP contribution >= 0.6 is 23.1 Å². The minimum Gasteiger partial charge on any atom is -0.246 e. The van der Waals surface area contributed by atoms with Gasteiger partial charge in [0.1, 0.15) is 0 Å². The van der Waals surface area contributed by atoms with Crippen LogP contribution in [0, 0.1) is 0 Å². The Morgan fingerprint density at radius 2 is 1.38 bits per heavy atom. The Bertz CT molecular complexity index is 1140. The highest BCUT2D eigenvalue weighted by atomic mass is 35.5. The first-order valence-corrected chi connectivity index (χ1v) is 9.14. The van der Waals surface area contributed by atoms with Crippen molar-refractivity contribution in [1.82, 2.24) is 8.52 Å². The van der Waals surface area contributed by atoms with Gasteiger partial charge in [-0.15, -0.1) is 0 Å². The molecular weight excluding hydrogens is 366 g/mol. The number of para-hydroxylation sites is 2. The summed E-state index contributed by atoms with van der Waals surface area (Å²) in [4.78, 5) is 18.4. The van der Waals surface area contributed by atoms with Crippen molar-refractivity contribution in [2.75, 3.05) is 0 Å². The molecule has 0 aliphatic heterocycles. The van der Waals surface area contributed by atoms with E-state index < -0.39 is 0 Å². The number of benzene rings is 3. The van der Waals surface area contributed by atoms with E-state index in [-0.39, 0.29) is 5.69 Å². The van der Waals surface area contributed by atoms with Crippen molar-refractivity contribution < 1.29 is 0 Å². The molecule has 3 aromatic carbocycles. The van der Waals surface area contributed by atoms with Gasteiger partial charge in [0.2, 0.25) is 4.80 Å². The summed E-state index contributed by atoms with van der Waals surface area (Å²) in [6.07, 6.45) is 0. The van der Waals surface area contributed by atoms with Crippen LogP contribution in [0.1, 0.15) is 0 Å². The van der Waals surface area contributed by atoms with Crippen molar-refractivity contribution in [2.45, 2.75) is 0 Å². The summed E-state index contributed by atoms with van der Waals surface area (Å²) in [7, 11) is 0. The van der Waals surface area contributed by atoms with Crippen LogP contribution in [-0.2, 0) is 0 Å². The number of aromatic nitrogens is 2. The van der Waals surface area contributed by atoms with Gasteiger partial charge in [0, 0.05) is 5.02 Å². The van der Waals surface area contributed by atoms with E-state index in [1.165, 1.54) is 11.5 Å². The normalized spacial score (nSPS) is 11.7. The average molecular weight is 380 g/mol. The SMILES string of the molecule is O=c1n(-c2ccc(Cl)cc2)sc(=Nc2ccccc2)n1-c1ccccc1. The predicted octanol–water partition coefficient (Wildman–Crippen LogP) is 4.58. The van der Waals surface area contributed by atoms with Crippen molar-refractivity contribution in [3.8, 4) is 11.4 Å². The first-order valence-electron chi connectivity index (χ1n) is 7.99. The molecule has 0 atom stereocenters. The summed E-state index contributed by atoms with van der Waals surface area (Å²) >= 11 is 7.26. The molecule has 1 aromatic heterocycles. The Morgan fingerprint density at radius 3 is 2.04 bits per heavy atom. The van der Waals surface area contributed by atoms with Crippen LogP contribution in [0.4, 0.5) is 5.69 Å². The van der Waals surface area contributed by atoms with E-state index >= 15 is 0 Å². The highest BCUT2D eigenvalue weighted by Gasteiger charge is 2.12. The molecule has 4 rings (SSSR count). The van der Waals surface area contributed by atoms with Crippen molar-refractivity contribution in [2.24, 2.45) is 4.99 Å². The molecule has 0 amide bonds. The second kappa shape index (κ2) is 7.15. The molecule has 0 N–H and O–H groups in total. The number of nitrogens with zero attached hydrogens (tertiary/aromatic N) is 3. The predicted molar refractivity (Wildman–Crippen MR) is 106 cm³/mol. The Hall–Kier alpha value is -2.89. The molecule has 0 saturated carbocycles. The zero-order chi connectivity index (χ0) is 17.9. The van der Waals surface area contributed by atoms with Crippen LogP contribution in [-0.4, -0.2) is 8.52 Å². The van der Waals surface area contributed by atoms with E-state index in [4.69, 9.17) is 11.6 Å². The molecule has 4 nitrogen and oxygen atoms in total. The average Bonchev–Trinajstić information content (AvgIpc) is 3.00. The molecule has 0 bridgehead atoms. The highest BCUT2D eigenvalue weighted by Crippen LogP contribution is 2.15. The largest absolute Gasteiger partial charge is 0.349 e. The fourth-order valence-electron chi connectivity index (χ4n) is 2.56. The van der Waals surface area contributed by atoms with Crippen LogP contribution in [0.15, 0.2) is 94.7 Å². The minimum atomic E-state index is -0.168. The zero-order valence-electron chi connectivity index (χ0n) is 13.6. The molecule has 0 saturated heterocycles. The summed E-state index contributed by atoms with van der Waals surface area (Å²) in [5.74, 6) is 0. The van der Waals surface area contributed by atoms with E-state index in [2.05, 4.69) is 4.99 Å². The van der Waals surface area contributed by atoms with Crippen LogP contribution in [0.25, 0.3) is 11.4 Å². The molecule has 0 fully saturated rings. The summed E-state index contributed by atoms with van der Waals surface area (Å²) in [5.41, 5.74) is 2.15. The lowest BCUT2D eigenvalue weighted by atomic mass is 10.3. The molecule has 0 radical (unpaired) electrons. The lowest BCUT2D eigenvalue weighted by Gasteiger charge is -2.01. The quantitative estimate of drug-likeness (QED) is 0.513. The maximum absolute atomic E-state index is 13.1. The van der Waals surface area contributed by atoms with Gasteiger partial charge in [-0.3, -0.25) is 0 Å². The van der Waals surface area contributed by atoms with Gasteiger partial charge in [0.25, 0.3) is 0 Å². The third-order valence-electron chi connectivity index (χ3n) is 3.79. The van der Waals surface area contributed by atoms with Crippen molar-refractivity contribution in [3.05, 3.63) is 105 Å². The maximum Gasteiger partial charge on any atom is 0.349 e. The first-order chi connectivity index (χ1) is 12.7. The molecule has 0 aliphatic rings. The third kappa shape index (κ3) is 3.27. The molecular formula is C20H14ClN3OS. The van der Waals surface area contributed by atoms with Gasteiger partial charge < -0.3 is 0 Å². The van der Waals surface area contributed by atoms with E-state index in [0.29, 0.717) is 9.82 Å². The molecule has 0 aliphatic carbocycles. The standard InChI is InChI=1S/C20H14ClN3OS/c21-15-11-13-18(14-12-15)24-20(25)23(17-9-5-2-6-10-17)19(26-24)22-16-7-3-1-4-8-16/h1-14H. The van der Waals surface area contributed by atoms with Crippen LogP contribution in [0.5, 0.6) is 0 Å². The second-order valence-electron chi connectivity index (χ2n) is 5.55. The van der Waals surface area contributed by atoms with E-state index in [1.807, 2.05) is 72.8 Å². The van der Waals surface area contributed by atoms with E-state index in [1.54, 1.807) is 20.7 Å². The first kappa shape index (κ1) is 16.6. The fourth-order valence-corrected chi connectivity index (χ4v) is 3.64. The molecule has 4 aromatic rings. The summed E-state index contributed by atoms with van der Waals surface area (Å²) in [6, 6.07) is 26.3. The maximum atomic E-state index is 13.1. The zero-order valence-corrected chi connectivity index (χ0v) is 15.2. The van der Waals surface area contributed by atoms with Crippen molar-refractivity contribution in [3.63, 3.8) is 0 Å². The Labute approximate surface area is 159 Å². The second-order valence-corrected chi connectivity index (χ2v) is 6.89.